The predicted octanol–water partition coefficient (Wildman–Crippen LogP) is 3.89. The average molecular weight is 287 g/mol. The van der Waals surface area contributed by atoms with Gasteiger partial charge < -0.3 is 9.47 Å². The summed E-state index contributed by atoms with van der Waals surface area (Å²) in [7, 11) is 0. The van der Waals surface area contributed by atoms with Gasteiger partial charge in [-0.05, 0) is 19.1 Å². The van der Waals surface area contributed by atoms with Gasteiger partial charge in [0, 0.05) is 16.8 Å². The lowest BCUT2D eigenvalue weighted by molar-refractivity contribution is 0.202. The molecule has 0 atom stereocenters. The van der Waals surface area contributed by atoms with Gasteiger partial charge in [-0.2, -0.15) is 0 Å². The van der Waals surface area contributed by atoms with Crippen LogP contribution in [0.15, 0.2) is 24.3 Å². The van der Waals surface area contributed by atoms with E-state index in [0.29, 0.717) is 13.2 Å². The summed E-state index contributed by atoms with van der Waals surface area (Å²) in [4.78, 5) is 0. The third-order valence-corrected chi connectivity index (χ3v) is 3.63. The second-order valence-corrected chi connectivity index (χ2v) is 5.06. The quantitative estimate of drug-likeness (QED) is 0.739. The molecule has 3 heteroatoms. The van der Waals surface area contributed by atoms with Gasteiger partial charge in [0.15, 0.2) is 0 Å². The predicted molar refractivity (Wildman–Crippen MR) is 70.7 cm³/mol. The van der Waals surface area contributed by atoms with Crippen LogP contribution in [0.3, 0.4) is 0 Å². The summed E-state index contributed by atoms with van der Waals surface area (Å²) in [5.74, 6) is 1.72. The lowest BCUT2D eigenvalue weighted by atomic mass is 9.98. The van der Waals surface area contributed by atoms with Crippen LogP contribution >= 0.6 is 15.9 Å². The monoisotopic (exact) mass is 286 g/mol. The van der Waals surface area contributed by atoms with Crippen molar-refractivity contribution in [3.63, 3.8) is 0 Å². The summed E-state index contributed by atoms with van der Waals surface area (Å²) in [5.41, 5.74) is 0.140. The molecular formula is C13H19BrO2. The highest BCUT2D eigenvalue weighted by Gasteiger charge is 2.16. The van der Waals surface area contributed by atoms with Gasteiger partial charge in [-0.15, -0.1) is 0 Å². The van der Waals surface area contributed by atoms with E-state index in [2.05, 4.69) is 29.8 Å². The molecule has 1 aromatic carbocycles. The highest BCUT2D eigenvalue weighted by atomic mass is 79.9. The maximum absolute atomic E-state index is 5.74. The van der Waals surface area contributed by atoms with E-state index >= 15 is 0 Å². The van der Waals surface area contributed by atoms with E-state index in [4.69, 9.17) is 9.47 Å². The summed E-state index contributed by atoms with van der Waals surface area (Å²) in [6.45, 7) is 7.66. The van der Waals surface area contributed by atoms with Gasteiger partial charge in [-0.25, -0.2) is 0 Å². The van der Waals surface area contributed by atoms with Gasteiger partial charge in [0.25, 0.3) is 0 Å². The Morgan fingerprint density at radius 3 is 2.38 bits per heavy atom. The van der Waals surface area contributed by atoms with Crippen LogP contribution in [0.4, 0.5) is 0 Å². The molecule has 1 aromatic rings. The molecule has 0 aliphatic carbocycles. The van der Waals surface area contributed by atoms with Crippen LogP contribution in [0.25, 0.3) is 0 Å². The second kappa shape index (κ2) is 6.14. The van der Waals surface area contributed by atoms with Crippen LogP contribution in [0.5, 0.6) is 11.5 Å². The molecule has 90 valence electrons. The largest absolute Gasteiger partial charge is 0.494 e. The SMILES string of the molecule is CCOc1cccc(OCC(C)(C)CBr)c1. The molecule has 0 saturated heterocycles. The molecule has 0 unspecified atom stereocenters. The fraction of sp³-hybridized carbons (Fsp3) is 0.538. The van der Waals surface area contributed by atoms with E-state index in [9.17, 15) is 0 Å². The Morgan fingerprint density at radius 2 is 1.81 bits per heavy atom. The zero-order valence-corrected chi connectivity index (χ0v) is 11.7. The Kier molecular flexibility index (Phi) is 5.13. The topological polar surface area (TPSA) is 18.5 Å². The van der Waals surface area contributed by atoms with E-state index < -0.39 is 0 Å². The maximum Gasteiger partial charge on any atom is 0.123 e. The van der Waals surface area contributed by atoms with Crippen LogP contribution < -0.4 is 9.47 Å². The molecular weight excluding hydrogens is 268 g/mol. The van der Waals surface area contributed by atoms with Crippen molar-refractivity contribution in [1.82, 2.24) is 0 Å². The molecule has 0 aliphatic rings. The summed E-state index contributed by atoms with van der Waals surface area (Å²) in [6, 6.07) is 7.76. The molecule has 0 radical (unpaired) electrons. The molecule has 0 fully saturated rings. The Balaban J connectivity index is 2.57. The van der Waals surface area contributed by atoms with Crippen molar-refractivity contribution >= 4 is 15.9 Å². The first-order valence-corrected chi connectivity index (χ1v) is 6.61. The number of rotatable bonds is 6. The molecule has 1 rings (SSSR count). The second-order valence-electron chi connectivity index (χ2n) is 4.49. The third kappa shape index (κ3) is 4.44. The minimum atomic E-state index is 0.140. The number of benzene rings is 1. The summed E-state index contributed by atoms with van der Waals surface area (Å²) in [6.07, 6.45) is 0. The average Bonchev–Trinajstić information content (AvgIpc) is 2.28. The number of ether oxygens (including phenoxy) is 2. The fourth-order valence-electron chi connectivity index (χ4n) is 1.14. The number of hydrogen-bond acceptors (Lipinski definition) is 2. The Bertz CT molecular complexity index is 323. The van der Waals surface area contributed by atoms with E-state index in [1.54, 1.807) is 0 Å². The number of halogens is 1. The van der Waals surface area contributed by atoms with Gasteiger partial charge in [-0.1, -0.05) is 35.8 Å². The van der Waals surface area contributed by atoms with Crippen molar-refractivity contribution in [2.45, 2.75) is 20.8 Å². The number of hydrogen-bond donors (Lipinski definition) is 0. The summed E-state index contributed by atoms with van der Waals surface area (Å²) >= 11 is 3.48. The van der Waals surface area contributed by atoms with Crippen molar-refractivity contribution in [2.75, 3.05) is 18.5 Å². The Morgan fingerprint density at radius 1 is 1.19 bits per heavy atom. The van der Waals surface area contributed by atoms with Crippen LogP contribution in [0, 0.1) is 5.41 Å². The van der Waals surface area contributed by atoms with Crippen molar-refractivity contribution < 1.29 is 9.47 Å². The van der Waals surface area contributed by atoms with Gasteiger partial charge in [0.05, 0.1) is 13.2 Å². The van der Waals surface area contributed by atoms with Gasteiger partial charge in [0.2, 0.25) is 0 Å². The molecule has 0 amide bonds. The molecule has 0 saturated carbocycles. The van der Waals surface area contributed by atoms with Crippen LogP contribution in [0.1, 0.15) is 20.8 Å². The molecule has 0 spiro atoms. The maximum atomic E-state index is 5.74. The minimum absolute atomic E-state index is 0.140. The van der Waals surface area contributed by atoms with Crippen LogP contribution in [-0.2, 0) is 0 Å². The van der Waals surface area contributed by atoms with Crippen LogP contribution in [0.2, 0.25) is 0 Å². The smallest absolute Gasteiger partial charge is 0.123 e. The van der Waals surface area contributed by atoms with E-state index in [1.807, 2.05) is 31.2 Å². The first-order chi connectivity index (χ1) is 7.57. The molecule has 16 heavy (non-hydrogen) atoms. The highest BCUT2D eigenvalue weighted by Crippen LogP contribution is 2.23. The van der Waals surface area contributed by atoms with E-state index in [0.717, 1.165) is 16.8 Å². The molecule has 0 aliphatic heterocycles. The molecule has 0 aromatic heterocycles. The first-order valence-electron chi connectivity index (χ1n) is 5.49. The van der Waals surface area contributed by atoms with E-state index in [-0.39, 0.29) is 5.41 Å². The van der Waals surface area contributed by atoms with Crippen molar-refractivity contribution in [2.24, 2.45) is 5.41 Å². The lowest BCUT2D eigenvalue weighted by Gasteiger charge is -2.21. The van der Waals surface area contributed by atoms with Crippen molar-refractivity contribution in [3.05, 3.63) is 24.3 Å². The lowest BCUT2D eigenvalue weighted by Crippen LogP contribution is -2.22. The summed E-state index contributed by atoms with van der Waals surface area (Å²) in [5, 5.41) is 0.922. The number of alkyl halides is 1. The first kappa shape index (κ1) is 13.4. The molecule has 0 N–H and O–H groups in total. The normalized spacial score (nSPS) is 11.2. The fourth-order valence-corrected chi connectivity index (χ4v) is 1.30. The van der Waals surface area contributed by atoms with Crippen molar-refractivity contribution in [1.29, 1.82) is 0 Å². The standard InChI is InChI=1S/C13H19BrO2/c1-4-15-11-6-5-7-12(8-11)16-10-13(2,3)9-14/h5-8H,4,9-10H2,1-3H3. The van der Waals surface area contributed by atoms with Crippen molar-refractivity contribution in [3.8, 4) is 11.5 Å². The zero-order chi connectivity index (χ0) is 12.0. The Hall–Kier alpha value is -0.700. The third-order valence-electron chi connectivity index (χ3n) is 2.11. The van der Waals surface area contributed by atoms with E-state index in [1.165, 1.54) is 0 Å². The molecule has 0 heterocycles. The van der Waals surface area contributed by atoms with Gasteiger partial charge in [0.1, 0.15) is 11.5 Å². The highest BCUT2D eigenvalue weighted by molar-refractivity contribution is 9.09. The van der Waals surface area contributed by atoms with Gasteiger partial charge in [-0.3, -0.25) is 0 Å². The minimum Gasteiger partial charge on any atom is -0.494 e. The molecule has 0 bridgehead atoms. The van der Waals surface area contributed by atoms with Gasteiger partial charge >= 0.3 is 0 Å². The van der Waals surface area contributed by atoms with Crippen LogP contribution in [-0.4, -0.2) is 18.5 Å². The molecule has 2 nitrogen and oxygen atoms in total. The zero-order valence-electron chi connectivity index (χ0n) is 10.1. The Labute approximate surface area is 106 Å². The summed E-state index contributed by atoms with van der Waals surface area (Å²) < 4.78 is 11.2.